The normalized spacial score (nSPS) is 58.0. The van der Waals surface area contributed by atoms with Crippen molar-refractivity contribution in [2.75, 3.05) is 20.6 Å². The van der Waals surface area contributed by atoms with Crippen LogP contribution in [-0.4, -0.2) is 43.4 Å². The van der Waals surface area contributed by atoms with Gasteiger partial charge in [0.15, 0.2) is 23.4 Å². The van der Waals surface area contributed by atoms with Crippen LogP contribution < -0.4 is 9.47 Å². The Labute approximate surface area is 144 Å². The molecule has 4 heteroatoms. The van der Waals surface area contributed by atoms with Crippen molar-refractivity contribution in [3.05, 3.63) is 23.2 Å². The summed E-state index contributed by atoms with van der Waals surface area (Å²) in [4.78, 5) is 14.5. The van der Waals surface area contributed by atoms with Gasteiger partial charge in [0.25, 0.3) is 0 Å². The zero-order valence-corrected chi connectivity index (χ0v) is 12.0. The second kappa shape index (κ2) is 4.05. The molecule has 0 N–H and O–H groups in total. The molecule has 4 nitrogen and oxygen atoms in total. The van der Waals surface area contributed by atoms with Crippen LogP contribution in [-0.2, 0) is 16.6 Å². The Balaban J connectivity index is 2.00. The van der Waals surface area contributed by atoms with Crippen molar-refractivity contribution >= 4 is 5.78 Å². The van der Waals surface area contributed by atoms with Gasteiger partial charge in [-0.1, -0.05) is 6.04 Å². The Morgan fingerprint density at radius 1 is 1.64 bits per heavy atom. The number of ether oxygens (including phenoxy) is 2. The highest BCUT2D eigenvalue weighted by atomic mass is 16.5. The average molecular weight is 309 g/mol. The maximum absolute atomic E-state index is 13.1. The zero-order valence-electron chi connectivity index (χ0n) is 22.0. The van der Waals surface area contributed by atoms with Crippen LogP contribution in [0.4, 0.5) is 0 Å². The molecular weight excluding hydrogens is 278 g/mol. The first-order valence-electron chi connectivity index (χ1n) is 12.3. The first kappa shape index (κ1) is 6.52. The number of hydrogen-bond donors (Lipinski definition) is 0. The van der Waals surface area contributed by atoms with Gasteiger partial charge in [-0.25, -0.2) is 0 Å². The van der Waals surface area contributed by atoms with Crippen molar-refractivity contribution in [2.45, 2.75) is 43.1 Å². The quantitative estimate of drug-likeness (QED) is 0.795. The minimum absolute atomic E-state index is 0.0110. The Kier molecular flexibility index (Phi) is 1.20. The largest absolute Gasteiger partial charge is 0.493 e. The molecule has 2 heterocycles. The summed E-state index contributed by atoms with van der Waals surface area (Å²) in [7, 11) is -1.55. The van der Waals surface area contributed by atoms with Crippen LogP contribution in [0, 0.1) is 5.89 Å². The third-order valence-electron chi connectivity index (χ3n) is 5.21. The topological polar surface area (TPSA) is 38.8 Å². The zero-order chi connectivity index (χ0) is 23.9. The molecule has 0 radical (unpaired) electrons. The van der Waals surface area contributed by atoms with E-state index in [9.17, 15) is 7.54 Å². The standard InChI is InChI=1S/C18H21NO3/c1-19-8-7-18-11-4-5-13(20)17(18)22-16-14(21-2)6-3-10(15(16)18)9-12(11)19/h3,6,11-12,17H,4-5,7-9H2,1-2H3/t11-,12+,17?,18-/m0/s1/i2D3,3D,6D,9D2,11D,12D,17D. The number of ketones is 1. The molecule has 1 saturated carbocycles. The lowest BCUT2D eigenvalue weighted by Gasteiger charge is -2.57. The molecule has 22 heavy (non-hydrogen) atoms. The van der Waals surface area contributed by atoms with Crippen LogP contribution in [0.15, 0.2) is 12.1 Å². The molecule has 0 amide bonds. The number of likely N-dealkylation sites (N-methyl/N-ethyl adjacent to an activating group) is 1. The molecule has 5 rings (SSSR count). The van der Waals surface area contributed by atoms with Crippen molar-refractivity contribution in [1.29, 1.82) is 0 Å². The van der Waals surface area contributed by atoms with Gasteiger partial charge in [0, 0.05) is 28.9 Å². The van der Waals surface area contributed by atoms with Crippen LogP contribution in [0.5, 0.6) is 11.5 Å². The van der Waals surface area contributed by atoms with E-state index in [1.807, 2.05) is 0 Å². The summed E-state index contributed by atoms with van der Waals surface area (Å²) in [6.07, 6.45) is -5.60. The molecule has 1 aromatic rings. The van der Waals surface area contributed by atoms with E-state index in [1.165, 1.54) is 11.9 Å². The molecule has 1 spiro atoms. The summed E-state index contributed by atoms with van der Waals surface area (Å²) in [5.74, 6) is -3.83. The summed E-state index contributed by atoms with van der Waals surface area (Å²) in [5, 5.41) is 0. The Bertz CT molecular complexity index is 1090. The minimum atomic E-state index is -3.04. The van der Waals surface area contributed by atoms with E-state index in [0.717, 1.165) is 0 Å². The summed E-state index contributed by atoms with van der Waals surface area (Å²) in [5.41, 5.74) is -2.38. The fourth-order valence-electron chi connectivity index (χ4n) is 4.26. The lowest BCUT2D eigenvalue weighted by molar-refractivity contribution is -0.138. The van der Waals surface area contributed by atoms with E-state index in [0.29, 0.717) is 0 Å². The van der Waals surface area contributed by atoms with Gasteiger partial charge in [0.1, 0.15) is 0 Å². The van der Waals surface area contributed by atoms with Gasteiger partial charge in [-0.15, -0.1) is 0 Å². The van der Waals surface area contributed by atoms with Gasteiger partial charge >= 0.3 is 0 Å². The van der Waals surface area contributed by atoms with Crippen LogP contribution in [0.2, 0.25) is 0 Å². The number of carbonyl (C=O) groups is 1. The molecule has 2 fully saturated rings. The van der Waals surface area contributed by atoms with Gasteiger partial charge in [-0.2, -0.15) is 0 Å². The monoisotopic (exact) mass is 309 g/mol. The van der Waals surface area contributed by atoms with Crippen LogP contribution >= 0.6 is 0 Å². The van der Waals surface area contributed by atoms with E-state index < -0.39 is 71.7 Å². The third-order valence-corrected chi connectivity index (χ3v) is 5.21. The molecule has 2 bridgehead atoms. The van der Waals surface area contributed by atoms with Crippen LogP contribution in [0.25, 0.3) is 0 Å². The number of carbonyl (C=O) groups excluding carboxylic acids is 1. The lowest BCUT2D eigenvalue weighted by Crippen LogP contribution is -2.65. The molecule has 4 atom stereocenters. The highest BCUT2D eigenvalue weighted by Crippen LogP contribution is 2.62. The molecular formula is C18H21NO3. The molecule has 1 saturated heterocycles. The first-order chi connectivity index (χ1) is 14.5. The predicted molar refractivity (Wildman–Crippen MR) is 81.6 cm³/mol. The number of methoxy groups -OCH3 is 1. The van der Waals surface area contributed by atoms with Gasteiger partial charge < -0.3 is 14.4 Å². The van der Waals surface area contributed by atoms with Gasteiger partial charge in [0.05, 0.1) is 15.3 Å². The van der Waals surface area contributed by atoms with Gasteiger partial charge in [-0.3, -0.25) is 4.79 Å². The highest BCUT2D eigenvalue weighted by molar-refractivity contribution is 5.89. The SMILES string of the molecule is [2H]c1c([2H])c2c3c(c1OC([2H])([2H])[2H])OC1([2H])C(=O)CC[C@]4([2H])[C@@]31CCN(C)[C@]4([2H])C2([2H])[2H]. The van der Waals surface area contributed by atoms with Crippen molar-refractivity contribution in [3.63, 3.8) is 0 Å². The lowest BCUT2D eigenvalue weighted by atomic mass is 9.52. The van der Waals surface area contributed by atoms with Crippen molar-refractivity contribution < 1.29 is 28.0 Å². The minimum Gasteiger partial charge on any atom is -0.493 e. The molecule has 116 valence electrons. The van der Waals surface area contributed by atoms with E-state index >= 15 is 0 Å². The van der Waals surface area contributed by atoms with Crippen molar-refractivity contribution in [3.8, 4) is 11.5 Å². The fraction of sp³-hybridized carbons (Fsp3) is 0.611. The summed E-state index contributed by atoms with van der Waals surface area (Å²) >= 11 is 0. The summed E-state index contributed by atoms with van der Waals surface area (Å²) < 4.78 is 95.8. The molecule has 4 aliphatic rings. The predicted octanol–water partition coefficient (Wildman–Crippen LogP) is 1.93. The second-order valence-electron chi connectivity index (χ2n) is 6.14. The number of benzene rings is 1. The number of Topliss-reactive ketones (excluding diaryl/α,β-unsaturated/α-hetero) is 1. The number of nitrogens with zero attached hydrogens (tertiary/aromatic N) is 1. The van der Waals surface area contributed by atoms with Crippen LogP contribution in [0.1, 0.15) is 44.1 Å². The Hall–Kier alpha value is -1.55. The molecule has 1 aromatic carbocycles. The average Bonchev–Trinajstić information content (AvgIpc) is 2.94. The number of rotatable bonds is 1. The molecule has 0 aromatic heterocycles. The van der Waals surface area contributed by atoms with E-state index in [1.54, 1.807) is 0 Å². The Morgan fingerprint density at radius 3 is 3.41 bits per heavy atom. The fourth-order valence-corrected chi connectivity index (χ4v) is 4.26. The molecule has 2 aliphatic heterocycles. The molecule has 1 unspecified atom stereocenters. The number of hydrogen-bond acceptors (Lipinski definition) is 4. The number of piperidine rings is 1. The number of likely N-dealkylation sites (tertiary alicyclic amines) is 1. The molecule has 2 aliphatic carbocycles. The maximum atomic E-state index is 13.1. The van der Waals surface area contributed by atoms with E-state index in [2.05, 4.69) is 0 Å². The summed E-state index contributed by atoms with van der Waals surface area (Å²) in [6, 6.07) is -3.77. The van der Waals surface area contributed by atoms with Gasteiger partial charge in [0.2, 0.25) is 0 Å². The maximum Gasteiger partial charge on any atom is 0.174 e. The second-order valence-corrected chi connectivity index (χ2v) is 6.14. The van der Waals surface area contributed by atoms with Crippen molar-refractivity contribution in [2.24, 2.45) is 5.89 Å². The van der Waals surface area contributed by atoms with E-state index in [4.69, 9.17) is 20.4 Å². The van der Waals surface area contributed by atoms with Crippen LogP contribution in [0.3, 0.4) is 0 Å². The van der Waals surface area contributed by atoms with Crippen molar-refractivity contribution in [1.82, 2.24) is 4.90 Å². The van der Waals surface area contributed by atoms with Gasteiger partial charge in [-0.05, 0) is 50.3 Å². The third kappa shape index (κ3) is 1.27. The highest BCUT2D eigenvalue weighted by Gasteiger charge is 2.65. The first-order valence-corrected chi connectivity index (χ1v) is 7.32. The smallest absolute Gasteiger partial charge is 0.174 e. The van der Waals surface area contributed by atoms with E-state index in [-0.39, 0.29) is 31.4 Å². The summed E-state index contributed by atoms with van der Waals surface area (Å²) in [6.45, 7) is 0.0746. The Morgan fingerprint density at radius 2 is 2.55 bits per heavy atom.